The summed E-state index contributed by atoms with van der Waals surface area (Å²) in [6.07, 6.45) is -2.97. The molecule has 0 unspecified atom stereocenters. The Morgan fingerprint density at radius 2 is 1.79 bits per heavy atom. The number of fused-ring (bicyclic) bond motifs is 1. The maximum Gasteiger partial charge on any atom is 0.416 e. The van der Waals surface area contributed by atoms with Crippen molar-refractivity contribution in [2.75, 3.05) is 4.90 Å². The molecule has 6 nitrogen and oxygen atoms in total. The molecule has 0 fully saturated rings. The molecule has 3 N–H and O–H groups in total. The van der Waals surface area contributed by atoms with E-state index in [0.29, 0.717) is 24.2 Å². The summed E-state index contributed by atoms with van der Waals surface area (Å²) in [5.41, 5.74) is 1.70. The van der Waals surface area contributed by atoms with Crippen molar-refractivity contribution in [3.63, 3.8) is 0 Å². The third-order valence-electron chi connectivity index (χ3n) is 4.29. The van der Waals surface area contributed by atoms with E-state index >= 15 is 0 Å². The molecule has 2 aromatic carbocycles. The van der Waals surface area contributed by atoms with Crippen LogP contribution in [-0.2, 0) is 15.8 Å². The van der Waals surface area contributed by atoms with Gasteiger partial charge < -0.3 is 0 Å². The van der Waals surface area contributed by atoms with Gasteiger partial charge in [-0.15, -0.1) is 0 Å². The molecule has 1 aliphatic rings. The summed E-state index contributed by atoms with van der Waals surface area (Å²) in [7, 11) is 0. The number of hydrogen-bond acceptors (Lipinski definition) is 5. The van der Waals surface area contributed by atoms with Crippen LogP contribution in [0.5, 0.6) is 0 Å². The highest BCUT2D eigenvalue weighted by Crippen LogP contribution is 2.44. The lowest BCUT2D eigenvalue weighted by Gasteiger charge is -2.19. The predicted molar refractivity (Wildman–Crippen MR) is 105 cm³/mol. The van der Waals surface area contributed by atoms with Crippen molar-refractivity contribution >= 4 is 41.4 Å². The van der Waals surface area contributed by atoms with Crippen molar-refractivity contribution < 1.29 is 22.8 Å². The molecule has 1 heterocycles. The number of alkyl halides is 3. The first kappa shape index (κ1) is 20.9. The van der Waals surface area contributed by atoms with Crippen LogP contribution in [0.25, 0.3) is 5.57 Å². The fraction of sp³-hybridized carbons (Fsp3) is 0.158. The van der Waals surface area contributed by atoms with Gasteiger partial charge in [0, 0.05) is 29.6 Å². The predicted octanol–water partition coefficient (Wildman–Crippen LogP) is 3.83. The third-order valence-corrected chi connectivity index (χ3v) is 4.61. The number of nitrogens with two attached hydrogens (primary N) is 1. The van der Waals surface area contributed by atoms with Crippen molar-refractivity contribution in [2.24, 2.45) is 5.14 Å². The van der Waals surface area contributed by atoms with Crippen LogP contribution in [0.15, 0.2) is 42.6 Å². The number of nitrogens with one attached hydrogen (secondary N) is 1. The van der Waals surface area contributed by atoms with Gasteiger partial charge in [0.15, 0.2) is 0 Å². The van der Waals surface area contributed by atoms with Gasteiger partial charge in [-0.3, -0.25) is 19.6 Å². The third kappa shape index (κ3) is 4.14. The highest BCUT2D eigenvalue weighted by molar-refractivity contribution is 7.95. The number of halogens is 3. The summed E-state index contributed by atoms with van der Waals surface area (Å²) < 4.78 is 39.8. The smallest absolute Gasteiger partial charge is 0.277 e. The van der Waals surface area contributed by atoms with Gasteiger partial charge in [-0.2, -0.15) is 18.0 Å². The minimum absolute atomic E-state index is 0.0570. The van der Waals surface area contributed by atoms with E-state index in [1.165, 1.54) is 17.2 Å². The van der Waals surface area contributed by atoms with E-state index in [1.54, 1.807) is 12.1 Å². The molecule has 2 aromatic rings. The summed E-state index contributed by atoms with van der Waals surface area (Å²) in [4.78, 5) is 28.0. The van der Waals surface area contributed by atoms with Crippen molar-refractivity contribution in [1.29, 1.82) is 0 Å². The number of hydrogen-bond donors (Lipinski definition) is 2. The first-order valence-electron chi connectivity index (χ1n) is 8.37. The highest BCUT2D eigenvalue weighted by Gasteiger charge is 2.38. The maximum atomic E-state index is 13.3. The molecular formula is C19H17F3N4O2S. The Hall–Kier alpha value is -2.82. The van der Waals surface area contributed by atoms with Gasteiger partial charge in [0.05, 0.1) is 16.8 Å². The number of hydrazine groups is 1. The van der Waals surface area contributed by atoms with Crippen LogP contribution in [0.4, 0.5) is 24.5 Å². The van der Waals surface area contributed by atoms with Crippen molar-refractivity contribution in [2.45, 2.75) is 20.0 Å². The largest absolute Gasteiger partial charge is 0.416 e. The Morgan fingerprint density at radius 1 is 1.14 bits per heavy atom. The zero-order chi connectivity index (χ0) is 21.3. The van der Waals surface area contributed by atoms with E-state index in [2.05, 4.69) is 4.83 Å². The highest BCUT2D eigenvalue weighted by atomic mass is 32.2. The number of nitrogens with zero attached hydrogens (tertiary/aromatic N) is 2. The lowest BCUT2D eigenvalue weighted by atomic mass is 10.1. The van der Waals surface area contributed by atoms with Crippen molar-refractivity contribution in [3.8, 4) is 0 Å². The number of benzene rings is 2. The molecule has 0 atom stereocenters. The Morgan fingerprint density at radius 3 is 2.34 bits per heavy atom. The van der Waals surface area contributed by atoms with Crippen LogP contribution in [0.3, 0.4) is 0 Å². The molecule has 0 aliphatic carbocycles. The van der Waals surface area contributed by atoms with E-state index in [4.69, 9.17) is 5.14 Å². The molecule has 0 bridgehead atoms. The quantitative estimate of drug-likeness (QED) is 0.331. The average molecular weight is 422 g/mol. The van der Waals surface area contributed by atoms with Gasteiger partial charge in [0.25, 0.3) is 5.91 Å². The number of carbonyl (C=O) groups is 2. The number of carbonyl (C=O) groups excluding carboxylic acids is 2. The molecule has 152 valence electrons. The Labute approximate surface area is 169 Å². The first-order valence-corrected chi connectivity index (χ1v) is 9.25. The van der Waals surface area contributed by atoms with E-state index in [0.717, 1.165) is 28.3 Å². The molecule has 3 rings (SSSR count). The van der Waals surface area contributed by atoms with Crippen LogP contribution in [0.1, 0.15) is 22.3 Å². The summed E-state index contributed by atoms with van der Waals surface area (Å²) in [5, 5.41) is 6.20. The van der Waals surface area contributed by atoms with Crippen LogP contribution >= 0.6 is 12.1 Å². The van der Waals surface area contributed by atoms with Crippen LogP contribution in [-0.4, -0.2) is 17.3 Å². The molecular weight excluding hydrogens is 405 g/mol. The van der Waals surface area contributed by atoms with E-state index in [-0.39, 0.29) is 16.8 Å². The van der Waals surface area contributed by atoms with Crippen LogP contribution in [0.2, 0.25) is 0 Å². The second kappa shape index (κ2) is 7.90. The zero-order valence-electron chi connectivity index (χ0n) is 15.4. The lowest BCUT2D eigenvalue weighted by molar-refractivity contribution is -0.137. The van der Waals surface area contributed by atoms with Crippen LogP contribution in [0, 0.1) is 13.8 Å². The Balaban J connectivity index is 2.22. The van der Waals surface area contributed by atoms with Crippen LogP contribution < -0.4 is 14.9 Å². The fourth-order valence-electron chi connectivity index (χ4n) is 3.20. The maximum absolute atomic E-state index is 13.3. The van der Waals surface area contributed by atoms with Gasteiger partial charge in [-0.1, -0.05) is 12.1 Å². The van der Waals surface area contributed by atoms with Crippen molar-refractivity contribution in [1.82, 2.24) is 9.84 Å². The molecule has 0 radical (unpaired) electrons. The van der Waals surface area contributed by atoms with Gasteiger partial charge in [-0.05, 0) is 49.2 Å². The molecule has 29 heavy (non-hydrogen) atoms. The molecule has 1 aliphatic heterocycles. The monoisotopic (exact) mass is 422 g/mol. The second-order valence-corrected chi connectivity index (χ2v) is 6.90. The van der Waals surface area contributed by atoms with E-state index in [1.807, 2.05) is 19.9 Å². The number of aryl methyl sites for hydroxylation is 2. The number of rotatable bonds is 5. The minimum atomic E-state index is -4.56. The van der Waals surface area contributed by atoms with Gasteiger partial charge >= 0.3 is 6.18 Å². The molecule has 0 saturated heterocycles. The minimum Gasteiger partial charge on any atom is -0.277 e. The Bertz CT molecular complexity index is 987. The van der Waals surface area contributed by atoms with E-state index < -0.39 is 17.6 Å². The molecule has 0 spiro atoms. The van der Waals surface area contributed by atoms with Gasteiger partial charge in [0.2, 0.25) is 6.41 Å². The molecule has 0 saturated carbocycles. The molecule has 10 heteroatoms. The van der Waals surface area contributed by atoms with E-state index in [9.17, 15) is 22.8 Å². The van der Waals surface area contributed by atoms with Gasteiger partial charge in [0.1, 0.15) is 0 Å². The number of amides is 2. The first-order chi connectivity index (χ1) is 13.7. The normalized spacial score (nSPS) is 15.0. The average Bonchev–Trinajstić information content (AvgIpc) is 2.90. The molecule has 0 aromatic heterocycles. The lowest BCUT2D eigenvalue weighted by Crippen LogP contribution is -2.29. The zero-order valence-corrected chi connectivity index (χ0v) is 16.3. The Kier molecular flexibility index (Phi) is 5.69. The van der Waals surface area contributed by atoms with Gasteiger partial charge in [-0.25, -0.2) is 5.01 Å². The number of anilines is 2. The van der Waals surface area contributed by atoms with Crippen molar-refractivity contribution in [3.05, 3.63) is 64.9 Å². The molecule has 2 amide bonds. The summed E-state index contributed by atoms with van der Waals surface area (Å²) in [6, 6.07) is 8.38. The second-order valence-electron chi connectivity index (χ2n) is 6.48. The summed E-state index contributed by atoms with van der Waals surface area (Å²) in [5.74, 6) is -0.556. The standard InChI is InChI=1S/C19H17F3N4O2S/c1-11-5-12(2)7-14(6-11)26-17-8-13(19(20,21)22)3-4-15(17)16(18(26)28)9-25(10-27)24-29-23/h3-10,24H,23H2,1-2H3/b16-9-. The topological polar surface area (TPSA) is 78.7 Å². The fourth-order valence-corrected chi connectivity index (χ4v) is 3.42. The SMILES string of the molecule is Cc1cc(C)cc(N2C(=O)/C(=C\N(C=O)NSN)c3ccc(C(F)(F)F)cc32)c1. The summed E-state index contributed by atoms with van der Waals surface area (Å²) >= 11 is 0.634. The summed E-state index contributed by atoms with van der Waals surface area (Å²) in [6.45, 7) is 3.66.